The Morgan fingerprint density at radius 3 is 2.18 bits per heavy atom. The largest absolute Gasteiger partial charge is 0.444 e. The van der Waals surface area contributed by atoms with Crippen LogP contribution in [0.4, 0.5) is 10.5 Å². The number of aryl methyl sites for hydroxylation is 3. The SMILES string of the molecule is CCCCCCN(C(=O)C(CO)NC(=O)OC(C)(C)C)C(C(=O)Nc1c(C)cccc1C)c1cccc(C)c1. The molecule has 2 aromatic rings. The molecule has 0 aliphatic heterocycles. The second-order valence-corrected chi connectivity index (χ2v) is 11.0. The molecule has 2 atom stereocenters. The van der Waals surface area contributed by atoms with Crippen molar-refractivity contribution in [3.8, 4) is 0 Å². The number of hydrogen-bond donors (Lipinski definition) is 3. The molecule has 0 spiro atoms. The number of nitrogens with one attached hydrogen (secondary N) is 2. The van der Waals surface area contributed by atoms with Crippen LogP contribution in [0.2, 0.25) is 0 Å². The number of carbonyl (C=O) groups excluding carboxylic acids is 3. The Morgan fingerprint density at radius 1 is 0.974 bits per heavy atom. The molecule has 0 aliphatic carbocycles. The van der Waals surface area contributed by atoms with E-state index in [-0.39, 0.29) is 12.5 Å². The lowest BCUT2D eigenvalue weighted by Gasteiger charge is -2.34. The molecule has 0 saturated heterocycles. The number of aliphatic hydroxyl groups excluding tert-OH is 1. The number of anilines is 1. The molecular formula is C31H45N3O5. The van der Waals surface area contributed by atoms with Gasteiger partial charge in [0.05, 0.1) is 6.61 Å². The van der Waals surface area contributed by atoms with Crippen LogP contribution >= 0.6 is 0 Å². The molecule has 0 fully saturated rings. The van der Waals surface area contributed by atoms with Crippen molar-refractivity contribution in [1.82, 2.24) is 10.2 Å². The molecule has 0 aromatic heterocycles. The normalized spacial score (nSPS) is 12.8. The Balaban J connectivity index is 2.52. The van der Waals surface area contributed by atoms with Gasteiger partial charge in [-0.1, -0.05) is 74.2 Å². The highest BCUT2D eigenvalue weighted by atomic mass is 16.6. The molecular weight excluding hydrogens is 494 g/mol. The highest BCUT2D eigenvalue weighted by molar-refractivity contribution is 6.00. The summed E-state index contributed by atoms with van der Waals surface area (Å²) in [5.74, 6) is -0.918. The summed E-state index contributed by atoms with van der Waals surface area (Å²) in [6.45, 7) is 12.7. The molecule has 2 unspecified atom stereocenters. The Hall–Kier alpha value is -3.39. The molecule has 2 rings (SSSR count). The summed E-state index contributed by atoms with van der Waals surface area (Å²) in [4.78, 5) is 41.9. The van der Waals surface area contributed by atoms with Crippen molar-refractivity contribution < 1.29 is 24.2 Å². The molecule has 0 saturated carbocycles. The third kappa shape index (κ3) is 9.70. The summed E-state index contributed by atoms with van der Waals surface area (Å²) in [5.41, 5.74) is 3.34. The van der Waals surface area contributed by atoms with Gasteiger partial charge in [0.1, 0.15) is 17.7 Å². The highest BCUT2D eigenvalue weighted by Crippen LogP contribution is 2.28. The number of carbonyl (C=O) groups is 3. The van der Waals surface area contributed by atoms with Crippen LogP contribution in [-0.2, 0) is 14.3 Å². The van der Waals surface area contributed by atoms with E-state index in [2.05, 4.69) is 17.6 Å². The van der Waals surface area contributed by atoms with Gasteiger partial charge >= 0.3 is 6.09 Å². The number of rotatable bonds is 12. The molecule has 0 radical (unpaired) electrons. The number of benzene rings is 2. The number of aliphatic hydroxyl groups is 1. The van der Waals surface area contributed by atoms with Crippen LogP contribution in [0, 0.1) is 20.8 Å². The van der Waals surface area contributed by atoms with Gasteiger partial charge in [-0.3, -0.25) is 9.59 Å². The van der Waals surface area contributed by atoms with Crippen molar-refractivity contribution in [3.63, 3.8) is 0 Å². The summed E-state index contributed by atoms with van der Waals surface area (Å²) < 4.78 is 5.32. The molecule has 0 heterocycles. The van der Waals surface area contributed by atoms with Crippen LogP contribution in [-0.4, -0.2) is 52.7 Å². The molecule has 214 valence electrons. The minimum atomic E-state index is -1.27. The lowest BCUT2D eigenvalue weighted by atomic mass is 9.99. The topological polar surface area (TPSA) is 108 Å². The van der Waals surface area contributed by atoms with Crippen LogP contribution in [0.15, 0.2) is 42.5 Å². The van der Waals surface area contributed by atoms with Gasteiger partial charge in [0.25, 0.3) is 5.91 Å². The van der Waals surface area contributed by atoms with Gasteiger partial charge in [-0.05, 0) is 64.7 Å². The Kier molecular flexibility index (Phi) is 12.0. The molecule has 2 aromatic carbocycles. The molecule has 0 aliphatic rings. The van der Waals surface area contributed by atoms with Gasteiger partial charge in [0.15, 0.2) is 0 Å². The fraction of sp³-hybridized carbons (Fsp3) is 0.516. The van der Waals surface area contributed by atoms with Crippen molar-refractivity contribution >= 4 is 23.6 Å². The first-order valence-electron chi connectivity index (χ1n) is 13.7. The quantitative estimate of drug-likeness (QED) is 0.305. The summed E-state index contributed by atoms with van der Waals surface area (Å²) in [7, 11) is 0. The minimum Gasteiger partial charge on any atom is -0.444 e. The van der Waals surface area contributed by atoms with E-state index in [9.17, 15) is 19.5 Å². The molecule has 3 amide bonds. The molecule has 8 nitrogen and oxygen atoms in total. The lowest BCUT2D eigenvalue weighted by Crippen LogP contribution is -2.54. The van der Waals surface area contributed by atoms with E-state index in [4.69, 9.17) is 4.74 Å². The Bertz CT molecular complexity index is 1110. The number of hydrogen-bond acceptors (Lipinski definition) is 5. The number of para-hydroxylation sites is 1. The first-order valence-corrected chi connectivity index (χ1v) is 13.7. The van der Waals surface area contributed by atoms with Crippen LogP contribution < -0.4 is 10.6 Å². The zero-order valence-electron chi connectivity index (χ0n) is 24.5. The highest BCUT2D eigenvalue weighted by Gasteiger charge is 2.36. The van der Waals surface area contributed by atoms with Crippen LogP contribution in [0.5, 0.6) is 0 Å². The predicted molar refractivity (Wildman–Crippen MR) is 155 cm³/mol. The van der Waals surface area contributed by atoms with Crippen molar-refractivity contribution in [3.05, 3.63) is 64.7 Å². The van der Waals surface area contributed by atoms with Crippen molar-refractivity contribution in [2.75, 3.05) is 18.5 Å². The summed E-state index contributed by atoms with van der Waals surface area (Å²) in [6.07, 6.45) is 2.74. The third-order valence-electron chi connectivity index (χ3n) is 6.35. The maximum atomic E-state index is 14.0. The monoisotopic (exact) mass is 539 g/mol. The fourth-order valence-electron chi connectivity index (χ4n) is 4.43. The van der Waals surface area contributed by atoms with E-state index in [0.29, 0.717) is 17.7 Å². The predicted octanol–water partition coefficient (Wildman–Crippen LogP) is 5.59. The van der Waals surface area contributed by atoms with Crippen molar-refractivity contribution in [2.24, 2.45) is 0 Å². The molecule has 39 heavy (non-hydrogen) atoms. The molecule has 8 heteroatoms. The van der Waals surface area contributed by atoms with Gasteiger partial charge in [-0.15, -0.1) is 0 Å². The third-order valence-corrected chi connectivity index (χ3v) is 6.35. The molecule has 0 bridgehead atoms. The van der Waals surface area contributed by atoms with E-state index in [1.54, 1.807) is 20.8 Å². The fourth-order valence-corrected chi connectivity index (χ4v) is 4.43. The minimum absolute atomic E-state index is 0.282. The van der Waals surface area contributed by atoms with Crippen LogP contribution in [0.25, 0.3) is 0 Å². The summed E-state index contributed by atoms with van der Waals surface area (Å²) in [5, 5.41) is 15.7. The van der Waals surface area contributed by atoms with Gasteiger partial charge in [-0.25, -0.2) is 4.79 Å². The number of nitrogens with zero attached hydrogens (tertiary/aromatic N) is 1. The zero-order valence-corrected chi connectivity index (χ0v) is 24.5. The van der Waals surface area contributed by atoms with Crippen LogP contribution in [0.3, 0.4) is 0 Å². The van der Waals surface area contributed by atoms with Gasteiger partial charge in [0, 0.05) is 12.2 Å². The average Bonchev–Trinajstić information content (AvgIpc) is 2.85. The number of amides is 3. The lowest BCUT2D eigenvalue weighted by molar-refractivity contribution is -0.141. The van der Waals surface area contributed by atoms with E-state index in [1.807, 2.05) is 63.2 Å². The second kappa shape index (κ2) is 14.7. The van der Waals surface area contributed by atoms with Crippen molar-refractivity contribution in [2.45, 2.75) is 91.8 Å². The smallest absolute Gasteiger partial charge is 0.408 e. The first-order chi connectivity index (χ1) is 18.4. The molecule has 3 N–H and O–H groups in total. The van der Waals surface area contributed by atoms with E-state index in [1.165, 1.54) is 4.90 Å². The summed E-state index contributed by atoms with van der Waals surface area (Å²) in [6, 6.07) is 11.0. The van der Waals surface area contributed by atoms with Gasteiger partial charge in [0.2, 0.25) is 5.91 Å². The van der Waals surface area contributed by atoms with Crippen LogP contribution in [0.1, 0.15) is 81.7 Å². The first kappa shape index (κ1) is 31.8. The van der Waals surface area contributed by atoms with E-state index >= 15 is 0 Å². The van der Waals surface area contributed by atoms with Crippen molar-refractivity contribution in [1.29, 1.82) is 0 Å². The average molecular weight is 540 g/mol. The van der Waals surface area contributed by atoms with E-state index in [0.717, 1.165) is 36.0 Å². The van der Waals surface area contributed by atoms with Gasteiger partial charge in [-0.2, -0.15) is 0 Å². The number of ether oxygens (including phenoxy) is 1. The Morgan fingerprint density at radius 2 is 1.62 bits per heavy atom. The maximum absolute atomic E-state index is 14.0. The standard InChI is InChI=1S/C31H45N3O5/c1-8-9-10-11-18-34(29(37)25(20-35)32-30(38)39-31(5,6)7)27(24-17-12-14-21(2)19-24)28(36)33-26-22(3)15-13-16-23(26)4/h12-17,19,25,27,35H,8-11,18,20H2,1-7H3,(H,32,38)(H,33,36). The van der Waals surface area contributed by atoms with E-state index < -0.39 is 36.3 Å². The van der Waals surface area contributed by atoms with Gasteiger partial charge < -0.3 is 25.4 Å². The number of alkyl carbamates (subject to hydrolysis) is 1. The second-order valence-electron chi connectivity index (χ2n) is 11.0. The maximum Gasteiger partial charge on any atom is 0.408 e. The zero-order chi connectivity index (χ0) is 29.2. The Labute approximate surface area is 233 Å². The summed E-state index contributed by atoms with van der Waals surface area (Å²) >= 11 is 0. The number of unbranched alkanes of at least 4 members (excludes halogenated alkanes) is 3.